The molecule has 0 N–H and O–H groups in total. The number of rotatable bonds is 1. The standard InChI is InChI=1S/C9H12.C2H4/c1-3-9-6-4-8(2)5-7-9;1-2/h4-7H,3H2,1-2H3;1-2H2. The monoisotopic (exact) mass is 148 g/mol. The van der Waals surface area contributed by atoms with Crippen LogP contribution in [0.1, 0.15) is 18.1 Å². The summed E-state index contributed by atoms with van der Waals surface area (Å²) in [6, 6.07) is 8.66. The van der Waals surface area contributed by atoms with Crippen LogP contribution in [0.4, 0.5) is 0 Å². The number of benzene rings is 1. The molecule has 1 aromatic carbocycles. The molecule has 0 saturated carbocycles. The van der Waals surface area contributed by atoms with E-state index in [1.165, 1.54) is 11.1 Å². The Morgan fingerprint density at radius 2 is 1.55 bits per heavy atom. The van der Waals surface area contributed by atoms with Crippen LogP contribution in [0.3, 0.4) is 0 Å². The Morgan fingerprint density at radius 3 is 1.91 bits per heavy atom. The highest BCUT2D eigenvalue weighted by Crippen LogP contribution is 2.02. The summed E-state index contributed by atoms with van der Waals surface area (Å²) in [5, 5.41) is 0. The van der Waals surface area contributed by atoms with Crippen molar-refractivity contribution in [2.75, 3.05) is 0 Å². The zero-order chi connectivity index (χ0) is 8.69. The van der Waals surface area contributed by atoms with Crippen LogP contribution in [0, 0.1) is 6.92 Å². The summed E-state index contributed by atoms with van der Waals surface area (Å²) in [4.78, 5) is 0. The van der Waals surface area contributed by atoms with Gasteiger partial charge < -0.3 is 0 Å². The fourth-order valence-electron chi connectivity index (χ4n) is 0.824. The fraction of sp³-hybridized carbons (Fsp3) is 0.273. The van der Waals surface area contributed by atoms with Crippen LogP contribution >= 0.6 is 0 Å². The normalized spacial score (nSPS) is 8.18. The van der Waals surface area contributed by atoms with Gasteiger partial charge in [0.15, 0.2) is 0 Å². The topological polar surface area (TPSA) is 0 Å². The third-order valence-corrected chi connectivity index (χ3v) is 1.53. The van der Waals surface area contributed by atoms with E-state index in [9.17, 15) is 0 Å². The van der Waals surface area contributed by atoms with Crippen molar-refractivity contribution in [1.82, 2.24) is 0 Å². The van der Waals surface area contributed by atoms with E-state index in [1.807, 2.05) is 0 Å². The zero-order valence-corrected chi connectivity index (χ0v) is 7.43. The molecule has 0 aliphatic rings. The first kappa shape index (κ1) is 9.96. The van der Waals surface area contributed by atoms with Crippen molar-refractivity contribution in [1.29, 1.82) is 0 Å². The van der Waals surface area contributed by atoms with Crippen molar-refractivity contribution >= 4 is 0 Å². The lowest BCUT2D eigenvalue weighted by atomic mass is 10.1. The first-order valence-corrected chi connectivity index (χ1v) is 3.88. The van der Waals surface area contributed by atoms with E-state index < -0.39 is 0 Å². The molecule has 1 aromatic rings. The lowest BCUT2D eigenvalue weighted by Gasteiger charge is -1.94. The van der Waals surface area contributed by atoms with Crippen LogP contribution in [0.2, 0.25) is 0 Å². The quantitative estimate of drug-likeness (QED) is 0.536. The van der Waals surface area contributed by atoms with E-state index in [0.29, 0.717) is 0 Å². The lowest BCUT2D eigenvalue weighted by molar-refractivity contribution is 1.14. The van der Waals surface area contributed by atoms with E-state index in [1.54, 1.807) is 0 Å². The van der Waals surface area contributed by atoms with Gasteiger partial charge in [-0.05, 0) is 18.9 Å². The van der Waals surface area contributed by atoms with Gasteiger partial charge in [0.2, 0.25) is 0 Å². The summed E-state index contributed by atoms with van der Waals surface area (Å²) in [5.41, 5.74) is 2.76. The van der Waals surface area contributed by atoms with E-state index >= 15 is 0 Å². The summed E-state index contributed by atoms with van der Waals surface area (Å²) in [6.45, 7) is 10.3. The summed E-state index contributed by atoms with van der Waals surface area (Å²) in [5.74, 6) is 0. The van der Waals surface area contributed by atoms with Gasteiger partial charge in [0.05, 0.1) is 0 Å². The maximum absolute atomic E-state index is 3.00. The summed E-state index contributed by atoms with van der Waals surface area (Å²) >= 11 is 0. The third-order valence-electron chi connectivity index (χ3n) is 1.53. The first-order valence-electron chi connectivity index (χ1n) is 3.88. The molecule has 0 heterocycles. The Morgan fingerprint density at radius 1 is 1.09 bits per heavy atom. The number of aryl methyl sites for hydroxylation is 2. The van der Waals surface area contributed by atoms with Gasteiger partial charge in [0.25, 0.3) is 0 Å². The molecule has 1 rings (SSSR count). The predicted octanol–water partition coefficient (Wildman–Crippen LogP) is 3.36. The minimum absolute atomic E-state index is 1.14. The van der Waals surface area contributed by atoms with Gasteiger partial charge in [-0.3, -0.25) is 0 Å². The van der Waals surface area contributed by atoms with Crippen LogP contribution in [0.25, 0.3) is 0 Å². The molecule has 0 radical (unpaired) electrons. The van der Waals surface area contributed by atoms with Crippen molar-refractivity contribution in [2.24, 2.45) is 0 Å². The fourth-order valence-corrected chi connectivity index (χ4v) is 0.824. The smallest absolute Gasteiger partial charge is 0.0307 e. The van der Waals surface area contributed by atoms with Gasteiger partial charge in [0, 0.05) is 0 Å². The number of hydrogen-bond acceptors (Lipinski definition) is 0. The second kappa shape index (κ2) is 5.72. The highest BCUT2D eigenvalue weighted by atomic mass is 13.9. The average molecular weight is 148 g/mol. The summed E-state index contributed by atoms with van der Waals surface area (Å²) < 4.78 is 0. The zero-order valence-electron chi connectivity index (χ0n) is 7.43. The molecule has 0 saturated heterocycles. The van der Waals surface area contributed by atoms with Crippen LogP contribution in [0.5, 0.6) is 0 Å². The molecule has 0 spiro atoms. The maximum Gasteiger partial charge on any atom is -0.0307 e. The molecule has 0 heteroatoms. The highest BCUT2D eigenvalue weighted by Gasteiger charge is 1.84. The molecule has 0 aromatic heterocycles. The molecule has 0 aliphatic carbocycles. The molecule has 0 nitrogen and oxygen atoms in total. The second-order valence-electron chi connectivity index (χ2n) is 2.34. The molecule has 0 amide bonds. The minimum atomic E-state index is 1.14. The Labute approximate surface area is 69.6 Å². The van der Waals surface area contributed by atoms with Gasteiger partial charge in [-0.1, -0.05) is 36.8 Å². The van der Waals surface area contributed by atoms with Crippen molar-refractivity contribution < 1.29 is 0 Å². The van der Waals surface area contributed by atoms with E-state index in [2.05, 4.69) is 51.3 Å². The van der Waals surface area contributed by atoms with E-state index in [-0.39, 0.29) is 0 Å². The molecular weight excluding hydrogens is 132 g/mol. The van der Waals surface area contributed by atoms with Crippen LogP contribution < -0.4 is 0 Å². The Hall–Kier alpha value is -1.04. The van der Waals surface area contributed by atoms with Crippen molar-refractivity contribution in [3.05, 3.63) is 48.6 Å². The molecule has 60 valence electrons. The average Bonchev–Trinajstić information content (AvgIpc) is 2.10. The van der Waals surface area contributed by atoms with Crippen LogP contribution in [-0.4, -0.2) is 0 Å². The van der Waals surface area contributed by atoms with Gasteiger partial charge in [-0.15, -0.1) is 13.2 Å². The minimum Gasteiger partial charge on any atom is -0.106 e. The second-order valence-corrected chi connectivity index (χ2v) is 2.34. The van der Waals surface area contributed by atoms with Crippen molar-refractivity contribution in [3.8, 4) is 0 Å². The Bertz CT molecular complexity index is 184. The highest BCUT2D eigenvalue weighted by molar-refractivity contribution is 5.20. The van der Waals surface area contributed by atoms with Crippen molar-refractivity contribution in [3.63, 3.8) is 0 Å². The van der Waals surface area contributed by atoms with Crippen LogP contribution in [0.15, 0.2) is 37.4 Å². The molecule has 0 unspecified atom stereocenters. The van der Waals surface area contributed by atoms with E-state index in [0.717, 1.165) is 6.42 Å². The largest absolute Gasteiger partial charge is 0.106 e. The van der Waals surface area contributed by atoms with Crippen molar-refractivity contribution in [2.45, 2.75) is 20.3 Å². The molecule has 0 fully saturated rings. The van der Waals surface area contributed by atoms with Crippen LogP contribution in [-0.2, 0) is 6.42 Å². The van der Waals surface area contributed by atoms with Gasteiger partial charge in [-0.25, -0.2) is 0 Å². The van der Waals surface area contributed by atoms with Gasteiger partial charge in [0.1, 0.15) is 0 Å². The third kappa shape index (κ3) is 3.61. The lowest BCUT2D eigenvalue weighted by Crippen LogP contribution is -1.77. The summed E-state index contributed by atoms with van der Waals surface area (Å²) in [7, 11) is 0. The summed E-state index contributed by atoms with van der Waals surface area (Å²) in [6.07, 6.45) is 1.14. The predicted molar refractivity (Wildman–Crippen MR) is 51.8 cm³/mol. The first-order chi connectivity index (χ1) is 5.33. The number of hydrogen-bond donors (Lipinski definition) is 0. The Kier molecular flexibility index (Phi) is 5.18. The molecular formula is C11H16. The van der Waals surface area contributed by atoms with Gasteiger partial charge in [-0.2, -0.15) is 0 Å². The molecule has 0 atom stereocenters. The molecule has 11 heavy (non-hydrogen) atoms. The Balaban J connectivity index is 0.000000461. The van der Waals surface area contributed by atoms with E-state index in [4.69, 9.17) is 0 Å². The SMILES string of the molecule is C=C.CCc1ccc(C)cc1. The molecule has 0 aliphatic heterocycles. The maximum atomic E-state index is 3.00. The van der Waals surface area contributed by atoms with Gasteiger partial charge >= 0.3 is 0 Å². The molecule has 0 bridgehead atoms.